The number of thiazole rings is 2. The number of benzene rings is 5. The van der Waals surface area contributed by atoms with Crippen molar-refractivity contribution < 1.29 is 58.7 Å². The molecule has 0 atom stereocenters. The number of aliphatic carboxylic acids is 1. The summed E-state index contributed by atoms with van der Waals surface area (Å²) in [5.41, 5.74) is 4.46. The summed E-state index contributed by atoms with van der Waals surface area (Å²) in [5, 5.41) is 9.89. The van der Waals surface area contributed by atoms with Crippen LogP contribution in [0.1, 0.15) is 26.8 Å². The zero-order chi connectivity index (χ0) is 46.7. The molecule has 10 nitrogen and oxygen atoms in total. The van der Waals surface area contributed by atoms with Crippen LogP contribution in [0.25, 0.3) is 44.7 Å². The Hall–Kier alpha value is -7.77. The standard InChI is InChI=1S/C17H11BF2N2O3S.C15H9BF2N2OS.C15H11BF2N2/c19-18(20)21-12-7-10(8-17(23)24)5-6-13(12)25-15(21)9-16-22(18)11-3-1-2-4-14(11)26-16;17-16(18)19-10-5-1-3-7-12(10)21-14(19)9-15-20(16)11-6-2-4-8-13(11)22-15;17-16(18)19-10-4-3-6-13(19)11-14-9-8-12-5-1-2-7-15(12)20(14)16/h1-7,9H,8H2,(H,23,24);1-9H;1-11H. The second kappa shape index (κ2) is 15.1. The Morgan fingerprint density at radius 1 is 0.574 bits per heavy atom. The lowest BCUT2D eigenvalue weighted by Gasteiger charge is -2.41. The first-order valence-corrected chi connectivity index (χ1v) is 23.0. The smallest absolute Gasteiger partial charge is 0.481 e. The van der Waals surface area contributed by atoms with Gasteiger partial charge in [0, 0.05) is 35.7 Å². The number of pyridine rings is 1. The van der Waals surface area contributed by atoms with Crippen molar-refractivity contribution in [3.05, 3.63) is 190 Å². The van der Waals surface area contributed by atoms with E-state index in [0.29, 0.717) is 60.9 Å². The fourth-order valence-corrected chi connectivity index (χ4v) is 11.7. The number of anilines is 3. The van der Waals surface area contributed by atoms with Gasteiger partial charge in [0.2, 0.25) is 10.0 Å². The number of carboxylic acids is 1. The van der Waals surface area contributed by atoms with Crippen molar-refractivity contribution in [2.75, 3.05) is 14.4 Å². The number of rotatable bonds is 2. The molecule has 0 aliphatic carbocycles. The van der Waals surface area contributed by atoms with Gasteiger partial charge in [0.05, 0.1) is 39.3 Å². The highest BCUT2D eigenvalue weighted by Crippen LogP contribution is 2.47. The van der Waals surface area contributed by atoms with Gasteiger partial charge in [-0.25, -0.2) is 0 Å². The number of ether oxygens (including phenoxy) is 2. The first-order chi connectivity index (χ1) is 32.8. The Balaban J connectivity index is 0.000000107. The zero-order valence-corrected chi connectivity index (χ0v) is 36.7. The molecule has 1 N–H and O–H groups in total. The molecule has 0 unspecified atom stereocenters. The van der Waals surface area contributed by atoms with E-state index in [1.165, 1.54) is 41.0 Å². The average molecular weight is 954 g/mol. The van der Waals surface area contributed by atoms with Gasteiger partial charge in [0.15, 0.2) is 28.5 Å². The highest BCUT2D eigenvalue weighted by Gasteiger charge is 2.59. The van der Waals surface area contributed by atoms with Crippen molar-refractivity contribution >= 4 is 111 Å². The number of aromatic nitrogens is 3. The molecule has 68 heavy (non-hydrogen) atoms. The normalized spacial score (nSPS) is 17.3. The first kappa shape index (κ1) is 41.7. The van der Waals surface area contributed by atoms with Gasteiger partial charge >= 0.3 is 26.9 Å². The Morgan fingerprint density at radius 3 is 1.79 bits per heavy atom. The Bertz CT molecular complexity index is 3600. The fraction of sp³-hybridized carbons (Fsp3) is 0.0213. The highest BCUT2D eigenvalue weighted by atomic mass is 32.1. The van der Waals surface area contributed by atoms with Crippen molar-refractivity contribution in [1.82, 2.24) is 0 Å². The van der Waals surface area contributed by atoms with Gasteiger partial charge in [-0.1, -0.05) is 95.5 Å². The van der Waals surface area contributed by atoms with E-state index in [1.54, 1.807) is 115 Å². The molecule has 336 valence electrons. The number of hydrogen-bond donors (Lipinski definition) is 1. The predicted octanol–water partition coefficient (Wildman–Crippen LogP) is 9.96. The van der Waals surface area contributed by atoms with Crippen LogP contribution in [-0.4, -0.2) is 32.0 Å². The van der Waals surface area contributed by atoms with E-state index in [1.807, 2.05) is 36.4 Å². The van der Waals surface area contributed by atoms with Crippen LogP contribution < -0.4 is 37.3 Å². The Labute approximate surface area is 390 Å². The lowest BCUT2D eigenvalue weighted by Crippen LogP contribution is -2.72. The van der Waals surface area contributed by atoms with Gasteiger partial charge in [-0.05, 0) is 65.7 Å². The number of halogens is 6. The Morgan fingerprint density at radius 2 is 1.13 bits per heavy atom. The van der Waals surface area contributed by atoms with E-state index in [4.69, 9.17) is 14.6 Å². The summed E-state index contributed by atoms with van der Waals surface area (Å²) in [6, 6.07) is 38.0. The molecule has 3 aromatic heterocycles. The van der Waals surface area contributed by atoms with Crippen molar-refractivity contribution in [2.45, 2.75) is 6.42 Å². The maximum atomic E-state index is 15.5. The lowest BCUT2D eigenvalue weighted by atomic mass is 9.84. The minimum atomic E-state index is -4.18. The average Bonchev–Trinajstić information content (AvgIpc) is 4.09. The van der Waals surface area contributed by atoms with Crippen LogP contribution in [0.15, 0.2) is 163 Å². The molecule has 0 spiro atoms. The van der Waals surface area contributed by atoms with E-state index in [2.05, 4.69) is 0 Å². The van der Waals surface area contributed by atoms with Crippen molar-refractivity contribution in [3.63, 3.8) is 0 Å². The molecule has 0 bridgehead atoms. The van der Waals surface area contributed by atoms with Crippen molar-refractivity contribution in [1.29, 1.82) is 0 Å². The topological polar surface area (TPSA) is 77.1 Å². The quantitative estimate of drug-likeness (QED) is 0.137. The minimum absolute atomic E-state index is 0.0593. The molecular formula is C47H31B3F6N6O4S2. The van der Waals surface area contributed by atoms with Gasteiger partial charge in [-0.2, -0.15) is 0 Å². The second-order valence-corrected chi connectivity index (χ2v) is 18.6. The van der Waals surface area contributed by atoms with Crippen molar-refractivity contribution in [3.8, 4) is 11.5 Å². The van der Waals surface area contributed by atoms with E-state index in [9.17, 15) is 13.4 Å². The van der Waals surface area contributed by atoms with Gasteiger partial charge in [0.1, 0.15) is 17.7 Å². The first-order valence-electron chi connectivity index (χ1n) is 21.3. The maximum absolute atomic E-state index is 15.5. The van der Waals surface area contributed by atoms with E-state index < -0.39 is 26.9 Å². The lowest BCUT2D eigenvalue weighted by molar-refractivity contribution is -0.569. The third-order valence-electron chi connectivity index (χ3n) is 12.3. The summed E-state index contributed by atoms with van der Waals surface area (Å²) in [6.07, 6.45) is 9.88. The molecule has 0 saturated heterocycles. The van der Waals surface area contributed by atoms with Crippen LogP contribution in [0.3, 0.4) is 0 Å². The molecule has 0 radical (unpaired) electrons. The summed E-state index contributed by atoms with van der Waals surface area (Å²) in [4.78, 5) is 14.0. The SMILES string of the molecule is F[B-]1(F)N2C(=Cc3cccc[n+]31)C=Cc1ccccc12.F[B-]1(F)N2C(=Cc3sc4ccccc4[n+]31)Oc1ccccc12.O=C(O)Cc1ccc2c(c1)N1C(=Cc3sc4ccccc4[n+]3[B-]1(F)F)O2. The number of allylic oxidation sites excluding steroid dienone is 1. The van der Waals surface area contributed by atoms with E-state index >= 15 is 17.3 Å². The molecule has 6 aliphatic heterocycles. The van der Waals surface area contributed by atoms with E-state index in [-0.39, 0.29) is 23.9 Å². The molecule has 0 fully saturated rings. The van der Waals surface area contributed by atoms with Crippen LogP contribution in [-0.2, 0) is 11.2 Å². The van der Waals surface area contributed by atoms with Crippen LogP contribution in [0.5, 0.6) is 11.5 Å². The third-order valence-corrected chi connectivity index (χ3v) is 14.5. The zero-order valence-electron chi connectivity index (χ0n) is 35.0. The number of fused-ring (bicyclic) bond motifs is 16. The van der Waals surface area contributed by atoms with Gasteiger partial charge in [-0.15, -0.1) is 0 Å². The number of para-hydroxylation sites is 5. The number of hydrogen-bond acceptors (Lipinski definition) is 8. The van der Waals surface area contributed by atoms with Gasteiger partial charge < -0.3 is 68.3 Å². The maximum Gasteiger partial charge on any atom is 0.741 e. The summed E-state index contributed by atoms with van der Waals surface area (Å²) in [6.45, 7) is -12.0. The number of carbonyl (C=O) groups is 1. The van der Waals surface area contributed by atoms with Gasteiger partial charge in [-0.3, -0.25) is 4.79 Å². The molecule has 8 aromatic rings. The van der Waals surface area contributed by atoms with Gasteiger partial charge in [0.25, 0.3) is 0 Å². The molecule has 9 heterocycles. The van der Waals surface area contributed by atoms with E-state index in [0.717, 1.165) is 42.8 Å². The highest BCUT2D eigenvalue weighted by molar-refractivity contribution is 7.19. The molecule has 14 rings (SSSR count). The molecular weight excluding hydrogens is 923 g/mol. The molecule has 0 saturated carbocycles. The molecule has 21 heteroatoms. The van der Waals surface area contributed by atoms with Crippen LogP contribution >= 0.6 is 22.7 Å². The van der Waals surface area contributed by atoms with Crippen LogP contribution in [0, 0.1) is 0 Å². The van der Waals surface area contributed by atoms with Crippen molar-refractivity contribution in [2.24, 2.45) is 0 Å². The second-order valence-electron chi connectivity index (χ2n) is 16.4. The minimum Gasteiger partial charge on any atom is -0.481 e. The number of nitrogens with zero attached hydrogens (tertiary/aromatic N) is 6. The van der Waals surface area contributed by atoms with Crippen LogP contribution in [0.4, 0.5) is 43.0 Å². The largest absolute Gasteiger partial charge is 0.741 e. The molecule has 0 amide bonds. The Kier molecular flexibility index (Phi) is 9.27. The summed E-state index contributed by atoms with van der Waals surface area (Å²) >= 11 is 2.62. The fourth-order valence-electron chi connectivity index (χ4n) is 9.45. The summed E-state index contributed by atoms with van der Waals surface area (Å²) < 4.78 is 107. The number of carboxylic acid groups (broad SMARTS) is 1. The molecule has 6 aliphatic rings. The van der Waals surface area contributed by atoms with Crippen LogP contribution in [0.2, 0.25) is 0 Å². The monoisotopic (exact) mass is 954 g/mol. The third kappa shape index (κ3) is 6.36. The summed E-state index contributed by atoms with van der Waals surface area (Å²) in [7, 11) is 0. The predicted molar refractivity (Wildman–Crippen MR) is 253 cm³/mol. The molecule has 5 aromatic carbocycles. The summed E-state index contributed by atoms with van der Waals surface area (Å²) in [5.74, 6) is 0.000165.